The van der Waals surface area contributed by atoms with Gasteiger partial charge in [0, 0.05) is 12.6 Å². The summed E-state index contributed by atoms with van der Waals surface area (Å²) in [6.07, 6.45) is 3.83. The molecule has 2 aromatic rings. The van der Waals surface area contributed by atoms with E-state index in [2.05, 4.69) is 22.2 Å². The van der Waals surface area contributed by atoms with Crippen LogP contribution in [0, 0.1) is 3.95 Å². The number of ether oxygens (including phenoxy) is 1. The summed E-state index contributed by atoms with van der Waals surface area (Å²) in [5, 5.41) is 8.74. The summed E-state index contributed by atoms with van der Waals surface area (Å²) in [6, 6.07) is 8.41. The quantitative estimate of drug-likeness (QED) is 0.816. The first kappa shape index (κ1) is 16.4. The Morgan fingerprint density at radius 1 is 1.39 bits per heavy atom. The Bertz CT molecular complexity index is 712. The van der Waals surface area contributed by atoms with Gasteiger partial charge in [-0.2, -0.15) is 0 Å². The molecule has 0 bridgehead atoms. The van der Waals surface area contributed by atoms with Gasteiger partial charge in [-0.25, -0.2) is 4.68 Å². The van der Waals surface area contributed by atoms with Crippen LogP contribution in [-0.2, 0) is 6.67 Å². The molecule has 3 rings (SSSR count). The van der Waals surface area contributed by atoms with Gasteiger partial charge in [-0.15, -0.1) is 5.10 Å². The number of hydrogen-bond donors (Lipinski definition) is 1. The van der Waals surface area contributed by atoms with Crippen LogP contribution in [-0.4, -0.2) is 34.4 Å². The highest BCUT2D eigenvalue weighted by atomic mass is 32.1. The van der Waals surface area contributed by atoms with Gasteiger partial charge in [0.2, 0.25) is 5.13 Å². The van der Waals surface area contributed by atoms with E-state index in [4.69, 9.17) is 17.0 Å². The average Bonchev–Trinajstić information content (AvgIpc) is 2.89. The van der Waals surface area contributed by atoms with Gasteiger partial charge in [-0.1, -0.05) is 29.9 Å². The molecule has 1 fully saturated rings. The summed E-state index contributed by atoms with van der Waals surface area (Å²) < 4.78 is 8.07. The number of nitrogens with zero attached hydrogens (tertiary/aromatic N) is 3. The topological polar surface area (TPSA) is 42.3 Å². The Kier molecular flexibility index (Phi) is 5.30. The molecule has 1 aliphatic rings. The van der Waals surface area contributed by atoms with Gasteiger partial charge in [0.1, 0.15) is 5.75 Å². The van der Waals surface area contributed by atoms with E-state index in [9.17, 15) is 0 Å². The van der Waals surface area contributed by atoms with Crippen molar-refractivity contribution in [3.05, 3.63) is 28.2 Å². The van der Waals surface area contributed by atoms with E-state index in [-0.39, 0.29) is 0 Å². The van der Waals surface area contributed by atoms with Crippen molar-refractivity contribution in [3.63, 3.8) is 0 Å². The number of benzene rings is 1. The molecule has 1 aromatic heterocycles. The Morgan fingerprint density at radius 3 is 3.00 bits per heavy atom. The first-order valence-corrected chi connectivity index (χ1v) is 9.12. The highest BCUT2D eigenvalue weighted by Crippen LogP contribution is 2.28. The van der Waals surface area contributed by atoms with Crippen molar-refractivity contribution in [3.8, 4) is 5.75 Å². The van der Waals surface area contributed by atoms with Crippen LogP contribution in [0.3, 0.4) is 0 Å². The Morgan fingerprint density at radius 2 is 2.22 bits per heavy atom. The van der Waals surface area contributed by atoms with E-state index in [0.29, 0.717) is 6.04 Å². The number of likely N-dealkylation sites (tertiary alicyclic amines) is 1. The second-order valence-corrected chi connectivity index (χ2v) is 7.42. The second kappa shape index (κ2) is 7.42. The Labute approximate surface area is 145 Å². The van der Waals surface area contributed by atoms with Gasteiger partial charge in [-0.05, 0) is 44.1 Å². The second-order valence-electron chi connectivity index (χ2n) is 5.80. The van der Waals surface area contributed by atoms with Gasteiger partial charge in [0.05, 0.1) is 19.5 Å². The molecule has 1 atom stereocenters. The van der Waals surface area contributed by atoms with E-state index >= 15 is 0 Å². The maximum Gasteiger partial charge on any atom is 0.209 e. The van der Waals surface area contributed by atoms with Crippen molar-refractivity contribution in [2.75, 3.05) is 19.0 Å². The number of nitrogens with one attached hydrogen (secondary N) is 1. The molecule has 0 saturated carbocycles. The number of piperidine rings is 1. The minimum Gasteiger partial charge on any atom is -0.495 e. The standard InChI is InChI=1S/C16H22N4OS2/c1-12-7-5-6-10-19(12)11-20-16(22)23-15(18-20)17-13-8-3-4-9-14(13)21-2/h3-4,8-9,12H,5-7,10-11H2,1-2H3,(H,17,18)/t12-/m1/s1. The molecule has 1 aromatic carbocycles. The SMILES string of the molecule is COc1ccccc1Nc1nn(CN2CCCC[C@H]2C)c(=S)s1. The van der Waals surface area contributed by atoms with Crippen LogP contribution >= 0.6 is 23.6 Å². The molecule has 1 saturated heterocycles. The number of para-hydroxylation sites is 2. The fourth-order valence-electron chi connectivity index (χ4n) is 2.85. The third-order valence-electron chi connectivity index (χ3n) is 4.21. The highest BCUT2D eigenvalue weighted by Gasteiger charge is 2.19. The average molecular weight is 351 g/mol. The molecule has 2 heterocycles. The van der Waals surface area contributed by atoms with Gasteiger partial charge in [0.25, 0.3) is 0 Å². The summed E-state index contributed by atoms with van der Waals surface area (Å²) in [7, 11) is 1.67. The lowest BCUT2D eigenvalue weighted by molar-refractivity contribution is 0.115. The predicted molar refractivity (Wildman–Crippen MR) is 97.2 cm³/mol. The minimum absolute atomic E-state index is 0.595. The minimum atomic E-state index is 0.595. The Balaban J connectivity index is 1.74. The fourth-order valence-corrected chi connectivity index (χ4v) is 3.85. The van der Waals surface area contributed by atoms with E-state index in [1.807, 2.05) is 28.9 Å². The van der Waals surface area contributed by atoms with E-state index in [0.717, 1.165) is 33.7 Å². The summed E-state index contributed by atoms with van der Waals surface area (Å²) in [4.78, 5) is 2.45. The van der Waals surface area contributed by atoms with Crippen molar-refractivity contribution < 1.29 is 4.74 Å². The normalized spacial score (nSPS) is 18.8. The summed E-state index contributed by atoms with van der Waals surface area (Å²) in [6.45, 7) is 4.17. The van der Waals surface area contributed by atoms with Gasteiger partial charge < -0.3 is 10.1 Å². The van der Waals surface area contributed by atoms with E-state index in [1.165, 1.54) is 30.6 Å². The summed E-state index contributed by atoms with van der Waals surface area (Å²) >= 11 is 6.97. The van der Waals surface area contributed by atoms with Crippen LogP contribution < -0.4 is 10.1 Å². The monoisotopic (exact) mass is 350 g/mol. The van der Waals surface area contributed by atoms with Crippen molar-refractivity contribution in [2.45, 2.75) is 38.9 Å². The van der Waals surface area contributed by atoms with Crippen LogP contribution in [0.1, 0.15) is 26.2 Å². The number of hydrogen-bond acceptors (Lipinski definition) is 6. The molecule has 0 radical (unpaired) electrons. The van der Waals surface area contributed by atoms with Gasteiger partial charge in [0.15, 0.2) is 3.95 Å². The lowest BCUT2D eigenvalue weighted by atomic mass is 10.0. The zero-order valence-electron chi connectivity index (χ0n) is 13.5. The third-order valence-corrected chi connectivity index (χ3v) is 5.43. The molecule has 7 heteroatoms. The Hall–Kier alpha value is -1.44. The van der Waals surface area contributed by atoms with Crippen LogP contribution in [0.25, 0.3) is 0 Å². The van der Waals surface area contributed by atoms with E-state index in [1.54, 1.807) is 7.11 Å². The first-order valence-electron chi connectivity index (χ1n) is 7.89. The molecule has 0 aliphatic carbocycles. The highest BCUT2D eigenvalue weighted by molar-refractivity contribution is 7.73. The number of rotatable bonds is 5. The molecule has 1 aliphatic heterocycles. The largest absolute Gasteiger partial charge is 0.495 e. The van der Waals surface area contributed by atoms with Crippen LogP contribution in [0.4, 0.5) is 10.8 Å². The molecule has 23 heavy (non-hydrogen) atoms. The molecular formula is C16H22N4OS2. The van der Waals surface area contributed by atoms with Crippen LogP contribution in [0.15, 0.2) is 24.3 Å². The van der Waals surface area contributed by atoms with E-state index < -0.39 is 0 Å². The van der Waals surface area contributed by atoms with Crippen LogP contribution in [0.2, 0.25) is 0 Å². The van der Waals surface area contributed by atoms with Crippen molar-refractivity contribution in [1.29, 1.82) is 0 Å². The molecule has 0 spiro atoms. The maximum atomic E-state index is 5.48. The lowest BCUT2D eigenvalue weighted by Crippen LogP contribution is -2.38. The zero-order chi connectivity index (χ0) is 16.2. The number of methoxy groups -OCH3 is 1. The first-order chi connectivity index (χ1) is 11.2. The maximum absolute atomic E-state index is 5.48. The van der Waals surface area contributed by atoms with Crippen molar-refractivity contribution in [2.24, 2.45) is 0 Å². The van der Waals surface area contributed by atoms with Crippen LogP contribution in [0.5, 0.6) is 5.75 Å². The summed E-state index contributed by atoms with van der Waals surface area (Å²) in [5.41, 5.74) is 0.900. The predicted octanol–water partition coefficient (Wildman–Crippen LogP) is 4.26. The smallest absolute Gasteiger partial charge is 0.209 e. The lowest BCUT2D eigenvalue weighted by Gasteiger charge is -2.32. The number of aromatic nitrogens is 2. The number of anilines is 2. The molecule has 1 N–H and O–H groups in total. The molecule has 0 unspecified atom stereocenters. The fraction of sp³-hybridized carbons (Fsp3) is 0.500. The molecular weight excluding hydrogens is 328 g/mol. The van der Waals surface area contributed by atoms with Gasteiger partial charge in [-0.3, -0.25) is 4.90 Å². The molecule has 124 valence electrons. The zero-order valence-corrected chi connectivity index (χ0v) is 15.1. The van der Waals surface area contributed by atoms with Crippen molar-refractivity contribution >= 4 is 34.4 Å². The molecule has 5 nitrogen and oxygen atoms in total. The molecule has 0 amide bonds. The third kappa shape index (κ3) is 3.91. The summed E-state index contributed by atoms with van der Waals surface area (Å²) in [5.74, 6) is 0.796. The van der Waals surface area contributed by atoms with Gasteiger partial charge >= 0.3 is 0 Å². The van der Waals surface area contributed by atoms with Crippen molar-refractivity contribution in [1.82, 2.24) is 14.7 Å².